The predicted molar refractivity (Wildman–Crippen MR) is 95.2 cm³/mol. The molecule has 1 aromatic rings. The average molecular weight is 385 g/mol. The summed E-state index contributed by atoms with van der Waals surface area (Å²) < 4.78 is 0. The average Bonchev–Trinajstić information content (AvgIpc) is 2.56. The van der Waals surface area contributed by atoms with Gasteiger partial charge in [0.1, 0.15) is 5.41 Å². The largest absolute Gasteiger partial charge is 1.00 e. The molecule has 142 valence electrons. The summed E-state index contributed by atoms with van der Waals surface area (Å²) in [5.74, 6) is -2.13. The van der Waals surface area contributed by atoms with Gasteiger partial charge in [-0.25, -0.2) is 9.79 Å². The van der Waals surface area contributed by atoms with E-state index >= 15 is 0 Å². The summed E-state index contributed by atoms with van der Waals surface area (Å²) in [6.45, 7) is 5.62. The molecule has 0 bridgehead atoms. The number of carboxylic acids is 1. The number of amides is 2. The molecule has 0 spiro atoms. The first kappa shape index (κ1) is 25.1. The molecule has 2 amide bonds. The molecule has 0 fully saturated rings. The summed E-state index contributed by atoms with van der Waals surface area (Å²) >= 11 is 0. The first-order valence-corrected chi connectivity index (χ1v) is 8.39. The van der Waals surface area contributed by atoms with Gasteiger partial charge in [-0.1, -0.05) is 27.2 Å². The molecular formula is C18H24N3NaO5. The second-order valence-electron chi connectivity index (χ2n) is 6.12. The summed E-state index contributed by atoms with van der Waals surface area (Å²) in [6.07, 6.45) is 2.02. The van der Waals surface area contributed by atoms with E-state index in [4.69, 9.17) is 10.8 Å². The van der Waals surface area contributed by atoms with Gasteiger partial charge in [0.2, 0.25) is 5.91 Å². The Morgan fingerprint density at radius 2 is 1.85 bits per heavy atom. The number of nitrogens with one attached hydrogen (secondary N) is 1. The smallest absolute Gasteiger partial charge is 0.846 e. The number of amidine groups is 1. The van der Waals surface area contributed by atoms with Gasteiger partial charge in [-0.05, 0) is 43.0 Å². The Kier molecular flexibility index (Phi) is 10.3. The normalized spacial score (nSPS) is 19.6. The number of carboxylic acid groups (broad SMARTS) is 1. The molecule has 0 saturated heterocycles. The van der Waals surface area contributed by atoms with Crippen LogP contribution in [-0.4, -0.2) is 28.9 Å². The van der Waals surface area contributed by atoms with Gasteiger partial charge in [0.05, 0.1) is 11.6 Å². The predicted octanol–water partition coefficient (Wildman–Crippen LogP) is -1.84. The number of carbonyl (C=O) groups is 3. The van der Waals surface area contributed by atoms with Gasteiger partial charge in [0.25, 0.3) is 5.91 Å². The minimum Gasteiger partial charge on any atom is -0.846 e. The molecule has 27 heavy (non-hydrogen) atoms. The molecule has 0 aliphatic carbocycles. The van der Waals surface area contributed by atoms with Crippen LogP contribution < -0.4 is 45.7 Å². The maximum absolute atomic E-state index is 11.9. The monoisotopic (exact) mass is 385 g/mol. The Balaban J connectivity index is 0.000000531. The van der Waals surface area contributed by atoms with Gasteiger partial charge < -0.3 is 21.3 Å². The van der Waals surface area contributed by atoms with Crippen molar-refractivity contribution in [2.75, 3.05) is 5.73 Å². The standard InChI is InChI=1S/C11H18N2O3.C7H7NO2.Na/c1-4-6-7(3)11(5-2)8(14)12-10(16)13-9(11)15;8-6-3-1-5(2-4-6)7(9)10;/h7H,4-6H2,1-3H3,(H2,12,13,14,15,16);1-4H,8H2,(H,9,10);/q;;+1/p-1. The van der Waals surface area contributed by atoms with Crippen molar-refractivity contribution in [1.82, 2.24) is 5.32 Å². The Hall–Kier alpha value is -1.90. The topological polar surface area (TPSA) is 145 Å². The molecule has 2 atom stereocenters. The SMILES string of the molecule is CCCC(C)C1(CC)C(=O)N=C([O-])NC1=O.Nc1ccc(C(=O)O)cc1.[Na+]. The van der Waals surface area contributed by atoms with Crippen molar-refractivity contribution in [1.29, 1.82) is 0 Å². The molecule has 1 aliphatic heterocycles. The van der Waals surface area contributed by atoms with E-state index in [0.717, 1.165) is 12.8 Å². The van der Waals surface area contributed by atoms with Crippen LogP contribution in [0.2, 0.25) is 0 Å². The van der Waals surface area contributed by atoms with Gasteiger partial charge in [-0.15, -0.1) is 0 Å². The van der Waals surface area contributed by atoms with Crippen LogP contribution in [-0.2, 0) is 9.59 Å². The van der Waals surface area contributed by atoms with E-state index in [0.29, 0.717) is 12.1 Å². The fourth-order valence-corrected chi connectivity index (χ4v) is 2.93. The molecule has 2 rings (SSSR count). The van der Waals surface area contributed by atoms with Crippen LogP contribution in [0.25, 0.3) is 0 Å². The second kappa shape index (κ2) is 11.1. The summed E-state index contributed by atoms with van der Waals surface area (Å²) in [6, 6.07) is 5.21. The summed E-state index contributed by atoms with van der Waals surface area (Å²) in [4.78, 5) is 37.3. The van der Waals surface area contributed by atoms with E-state index in [2.05, 4.69) is 10.3 Å². The number of nitrogens with two attached hydrogens (primary N) is 1. The molecule has 1 aromatic carbocycles. The van der Waals surface area contributed by atoms with Crippen molar-refractivity contribution in [3.8, 4) is 0 Å². The Labute approximate surface area is 180 Å². The van der Waals surface area contributed by atoms with Gasteiger partial charge in [0, 0.05) is 5.69 Å². The third-order valence-corrected chi connectivity index (χ3v) is 4.49. The van der Waals surface area contributed by atoms with Crippen molar-refractivity contribution in [3.05, 3.63) is 29.8 Å². The van der Waals surface area contributed by atoms with Crippen LogP contribution in [0.1, 0.15) is 50.4 Å². The van der Waals surface area contributed by atoms with Crippen molar-refractivity contribution >= 4 is 29.5 Å². The van der Waals surface area contributed by atoms with Crippen molar-refractivity contribution < 1.29 is 54.2 Å². The van der Waals surface area contributed by atoms with Gasteiger partial charge in [-0.3, -0.25) is 9.59 Å². The van der Waals surface area contributed by atoms with Gasteiger partial charge >= 0.3 is 35.5 Å². The number of anilines is 1. The van der Waals surface area contributed by atoms with E-state index in [1.165, 1.54) is 12.1 Å². The van der Waals surface area contributed by atoms with Crippen molar-refractivity contribution in [2.45, 2.75) is 40.0 Å². The van der Waals surface area contributed by atoms with Crippen LogP contribution in [0.5, 0.6) is 0 Å². The fourth-order valence-electron chi connectivity index (χ4n) is 2.93. The molecular weight excluding hydrogens is 361 g/mol. The summed E-state index contributed by atoms with van der Waals surface area (Å²) in [5.41, 5.74) is 5.02. The molecule has 8 nitrogen and oxygen atoms in total. The maximum atomic E-state index is 11.9. The number of rotatable bonds is 5. The fraction of sp³-hybridized carbons (Fsp3) is 0.444. The first-order valence-electron chi connectivity index (χ1n) is 8.39. The number of hydrogen-bond donors (Lipinski definition) is 3. The minimum atomic E-state index is -1.15. The number of benzene rings is 1. The molecule has 1 heterocycles. The van der Waals surface area contributed by atoms with Crippen LogP contribution in [0.4, 0.5) is 5.69 Å². The van der Waals surface area contributed by atoms with Crippen molar-refractivity contribution in [2.24, 2.45) is 16.3 Å². The van der Waals surface area contributed by atoms with Crippen LogP contribution in [0, 0.1) is 11.3 Å². The maximum Gasteiger partial charge on any atom is 1.00 e. The third-order valence-electron chi connectivity index (χ3n) is 4.49. The molecule has 2 unspecified atom stereocenters. The number of carbonyl (C=O) groups excluding carboxylic acids is 2. The van der Waals surface area contributed by atoms with E-state index in [9.17, 15) is 19.5 Å². The molecule has 0 saturated carbocycles. The van der Waals surface area contributed by atoms with Crippen LogP contribution in [0.3, 0.4) is 0 Å². The van der Waals surface area contributed by atoms with Crippen LogP contribution in [0.15, 0.2) is 29.3 Å². The number of nitrogens with zero attached hydrogens (tertiary/aromatic N) is 1. The van der Waals surface area contributed by atoms with Crippen LogP contribution >= 0.6 is 0 Å². The number of hydrogen-bond acceptors (Lipinski definition) is 5. The Bertz CT molecular complexity index is 705. The Morgan fingerprint density at radius 1 is 1.30 bits per heavy atom. The minimum absolute atomic E-state index is 0. The van der Waals surface area contributed by atoms with Crippen molar-refractivity contribution in [3.63, 3.8) is 0 Å². The second-order valence-corrected chi connectivity index (χ2v) is 6.12. The van der Waals surface area contributed by atoms with E-state index in [1.807, 2.05) is 13.8 Å². The van der Waals surface area contributed by atoms with E-state index in [1.54, 1.807) is 19.1 Å². The Morgan fingerprint density at radius 3 is 2.26 bits per heavy atom. The van der Waals surface area contributed by atoms with Gasteiger partial charge in [0.15, 0.2) is 0 Å². The zero-order chi connectivity index (χ0) is 19.9. The zero-order valence-corrected chi connectivity index (χ0v) is 18.1. The van der Waals surface area contributed by atoms with Gasteiger partial charge in [-0.2, -0.15) is 0 Å². The number of aromatic carboxylic acids is 1. The molecule has 0 aromatic heterocycles. The van der Waals surface area contributed by atoms with E-state index < -0.39 is 29.2 Å². The number of aliphatic imine (C=N–C) groups is 1. The van der Waals surface area contributed by atoms with E-state index in [-0.39, 0.29) is 41.0 Å². The molecule has 4 N–H and O–H groups in total. The molecule has 0 radical (unpaired) electrons. The third kappa shape index (κ3) is 6.05. The zero-order valence-electron chi connectivity index (χ0n) is 16.1. The molecule has 9 heteroatoms. The summed E-state index contributed by atoms with van der Waals surface area (Å²) in [5, 5.41) is 21.5. The molecule has 1 aliphatic rings. The first-order chi connectivity index (χ1) is 12.2. The summed E-state index contributed by atoms with van der Waals surface area (Å²) in [7, 11) is 0. The number of nitrogen functional groups attached to an aromatic ring is 1. The quantitative estimate of drug-likeness (QED) is 0.309.